The molecule has 4 heteroatoms. The Morgan fingerprint density at radius 2 is 1.57 bits per heavy atom. The number of aliphatic hydroxyl groups is 1. The number of rotatable bonds is 6. The van der Waals surface area contributed by atoms with Gasteiger partial charge in [-0.1, -0.05) is 30.3 Å². The lowest BCUT2D eigenvalue weighted by atomic mass is 9.97. The van der Waals surface area contributed by atoms with Crippen LogP contribution in [0.25, 0.3) is 0 Å². The molecule has 2 rings (SSSR count). The third-order valence-corrected chi connectivity index (χ3v) is 3.46. The molecule has 2 aromatic rings. The first-order valence-corrected chi connectivity index (χ1v) is 6.97. The van der Waals surface area contributed by atoms with E-state index in [-0.39, 0.29) is 6.42 Å². The van der Waals surface area contributed by atoms with Crippen molar-refractivity contribution in [2.24, 2.45) is 5.73 Å². The first-order chi connectivity index (χ1) is 10.0. The zero-order chi connectivity index (χ0) is 15.2. The fraction of sp³-hybridized carbons (Fsp3) is 0.294. The molecule has 0 saturated heterocycles. The third kappa shape index (κ3) is 4.92. The van der Waals surface area contributed by atoms with E-state index < -0.39 is 23.8 Å². The summed E-state index contributed by atoms with van der Waals surface area (Å²) in [7, 11) is 0. The lowest BCUT2D eigenvalue weighted by Gasteiger charge is -2.19. The van der Waals surface area contributed by atoms with Gasteiger partial charge in [0.1, 0.15) is 11.6 Å². The zero-order valence-electron chi connectivity index (χ0n) is 11.7. The van der Waals surface area contributed by atoms with E-state index in [0.29, 0.717) is 18.4 Å². The number of hydrogen-bond donors (Lipinski definition) is 2. The van der Waals surface area contributed by atoms with Crippen LogP contribution in [0.5, 0.6) is 0 Å². The summed E-state index contributed by atoms with van der Waals surface area (Å²) in [5.41, 5.74) is 7.50. The molecule has 0 spiro atoms. The summed E-state index contributed by atoms with van der Waals surface area (Å²) >= 11 is 0. The molecule has 0 saturated carbocycles. The third-order valence-electron chi connectivity index (χ3n) is 3.46. The Morgan fingerprint density at radius 3 is 2.19 bits per heavy atom. The molecule has 2 aromatic carbocycles. The Kier molecular flexibility index (Phi) is 5.42. The normalized spacial score (nSPS) is 13.9. The quantitative estimate of drug-likeness (QED) is 0.859. The number of aryl methyl sites for hydroxylation is 1. The van der Waals surface area contributed by atoms with Gasteiger partial charge in [-0.3, -0.25) is 0 Å². The predicted octanol–water partition coefficient (Wildman–Crippen LogP) is 2.83. The van der Waals surface area contributed by atoms with Crippen LogP contribution in [-0.2, 0) is 12.8 Å². The average molecular weight is 291 g/mol. The summed E-state index contributed by atoms with van der Waals surface area (Å²) in [6.07, 6.45) is 0.762. The SMILES string of the molecule is NC(Cc1cc(F)cc(F)c1)C(O)CCc1ccccc1. The van der Waals surface area contributed by atoms with Crippen LogP contribution in [0.4, 0.5) is 8.78 Å². The van der Waals surface area contributed by atoms with Gasteiger partial charge in [-0.05, 0) is 42.5 Å². The summed E-state index contributed by atoms with van der Waals surface area (Å²) in [5.74, 6) is -1.26. The minimum absolute atomic E-state index is 0.241. The van der Waals surface area contributed by atoms with Crippen molar-refractivity contribution in [1.82, 2.24) is 0 Å². The Labute approximate surface area is 123 Å². The lowest BCUT2D eigenvalue weighted by Crippen LogP contribution is -2.37. The smallest absolute Gasteiger partial charge is 0.126 e. The van der Waals surface area contributed by atoms with E-state index in [0.717, 1.165) is 11.6 Å². The van der Waals surface area contributed by atoms with Gasteiger partial charge in [0.15, 0.2) is 0 Å². The number of hydrogen-bond acceptors (Lipinski definition) is 2. The van der Waals surface area contributed by atoms with Crippen molar-refractivity contribution in [3.05, 3.63) is 71.3 Å². The maximum atomic E-state index is 13.1. The van der Waals surface area contributed by atoms with Gasteiger partial charge < -0.3 is 10.8 Å². The molecule has 2 nitrogen and oxygen atoms in total. The van der Waals surface area contributed by atoms with Crippen molar-refractivity contribution < 1.29 is 13.9 Å². The summed E-state index contributed by atoms with van der Waals surface area (Å²) < 4.78 is 26.2. The highest BCUT2D eigenvalue weighted by molar-refractivity contribution is 5.19. The molecule has 0 amide bonds. The first-order valence-electron chi connectivity index (χ1n) is 6.97. The molecule has 2 unspecified atom stereocenters. The van der Waals surface area contributed by atoms with Crippen LogP contribution in [0.1, 0.15) is 17.5 Å². The second kappa shape index (κ2) is 7.29. The fourth-order valence-corrected chi connectivity index (χ4v) is 2.31. The van der Waals surface area contributed by atoms with Crippen LogP contribution in [-0.4, -0.2) is 17.3 Å². The van der Waals surface area contributed by atoms with Crippen LogP contribution >= 0.6 is 0 Å². The second-order valence-electron chi connectivity index (χ2n) is 5.24. The van der Waals surface area contributed by atoms with Gasteiger partial charge in [-0.15, -0.1) is 0 Å². The van der Waals surface area contributed by atoms with Crippen molar-refractivity contribution in [2.75, 3.05) is 0 Å². The van der Waals surface area contributed by atoms with Crippen LogP contribution in [0.2, 0.25) is 0 Å². The van der Waals surface area contributed by atoms with Gasteiger partial charge in [0, 0.05) is 12.1 Å². The van der Waals surface area contributed by atoms with Gasteiger partial charge in [-0.2, -0.15) is 0 Å². The second-order valence-corrected chi connectivity index (χ2v) is 5.24. The monoisotopic (exact) mass is 291 g/mol. The average Bonchev–Trinajstić information content (AvgIpc) is 2.44. The van der Waals surface area contributed by atoms with Gasteiger partial charge in [0.05, 0.1) is 6.10 Å². The topological polar surface area (TPSA) is 46.2 Å². The molecule has 0 aliphatic heterocycles. The maximum Gasteiger partial charge on any atom is 0.126 e. The molecule has 0 radical (unpaired) electrons. The summed E-state index contributed by atoms with van der Waals surface area (Å²) in [5, 5.41) is 10.1. The van der Waals surface area contributed by atoms with E-state index in [1.807, 2.05) is 30.3 Å². The number of aliphatic hydroxyl groups excluding tert-OH is 1. The lowest BCUT2D eigenvalue weighted by molar-refractivity contribution is 0.135. The van der Waals surface area contributed by atoms with Crippen molar-refractivity contribution in [3.63, 3.8) is 0 Å². The van der Waals surface area contributed by atoms with Crippen molar-refractivity contribution in [1.29, 1.82) is 0 Å². The summed E-state index contributed by atoms with van der Waals surface area (Å²) in [4.78, 5) is 0. The minimum atomic E-state index is -0.712. The highest BCUT2D eigenvalue weighted by Crippen LogP contribution is 2.13. The Hall–Kier alpha value is -1.78. The number of nitrogens with two attached hydrogens (primary N) is 1. The molecule has 0 aliphatic rings. The van der Waals surface area contributed by atoms with E-state index in [4.69, 9.17) is 5.73 Å². The molecule has 0 fully saturated rings. The molecule has 0 bridgehead atoms. The Morgan fingerprint density at radius 1 is 0.952 bits per heavy atom. The maximum absolute atomic E-state index is 13.1. The minimum Gasteiger partial charge on any atom is -0.391 e. The highest BCUT2D eigenvalue weighted by atomic mass is 19.1. The van der Waals surface area contributed by atoms with Gasteiger partial charge >= 0.3 is 0 Å². The van der Waals surface area contributed by atoms with Crippen LogP contribution in [0.15, 0.2) is 48.5 Å². The fourth-order valence-electron chi connectivity index (χ4n) is 2.31. The highest BCUT2D eigenvalue weighted by Gasteiger charge is 2.16. The van der Waals surface area contributed by atoms with Gasteiger partial charge in [-0.25, -0.2) is 8.78 Å². The molecule has 3 N–H and O–H groups in total. The molecule has 112 valence electrons. The summed E-state index contributed by atoms with van der Waals surface area (Å²) in [6.45, 7) is 0. The van der Waals surface area contributed by atoms with E-state index >= 15 is 0 Å². The standard InChI is InChI=1S/C17H19F2NO/c18-14-8-13(9-15(19)11-14)10-16(20)17(21)7-6-12-4-2-1-3-5-12/h1-5,8-9,11,16-17,21H,6-7,10,20H2. The van der Waals surface area contributed by atoms with Crippen LogP contribution < -0.4 is 5.73 Å². The van der Waals surface area contributed by atoms with E-state index in [1.165, 1.54) is 12.1 Å². The largest absolute Gasteiger partial charge is 0.391 e. The Bertz CT molecular complexity index is 554. The molecular weight excluding hydrogens is 272 g/mol. The summed E-state index contributed by atoms with van der Waals surface area (Å²) in [6, 6.07) is 12.6. The van der Waals surface area contributed by atoms with Crippen LogP contribution in [0.3, 0.4) is 0 Å². The van der Waals surface area contributed by atoms with Gasteiger partial charge in [0.2, 0.25) is 0 Å². The van der Waals surface area contributed by atoms with Crippen molar-refractivity contribution >= 4 is 0 Å². The predicted molar refractivity (Wildman–Crippen MR) is 78.8 cm³/mol. The Balaban J connectivity index is 1.88. The molecule has 0 heterocycles. The molecule has 2 atom stereocenters. The van der Waals surface area contributed by atoms with Crippen LogP contribution in [0, 0.1) is 11.6 Å². The van der Waals surface area contributed by atoms with E-state index in [1.54, 1.807) is 0 Å². The van der Waals surface area contributed by atoms with Crippen molar-refractivity contribution in [2.45, 2.75) is 31.4 Å². The van der Waals surface area contributed by atoms with Gasteiger partial charge in [0.25, 0.3) is 0 Å². The number of benzene rings is 2. The molecule has 21 heavy (non-hydrogen) atoms. The van der Waals surface area contributed by atoms with E-state index in [9.17, 15) is 13.9 Å². The molecule has 0 aromatic heterocycles. The molecule has 0 aliphatic carbocycles. The van der Waals surface area contributed by atoms with Crippen molar-refractivity contribution in [3.8, 4) is 0 Å². The molecular formula is C17H19F2NO. The van der Waals surface area contributed by atoms with E-state index in [2.05, 4.69) is 0 Å². The number of halogens is 2. The first kappa shape index (κ1) is 15.6. The zero-order valence-corrected chi connectivity index (χ0v) is 11.7.